The molecule has 1 aliphatic heterocycles. The second-order valence-corrected chi connectivity index (χ2v) is 3.20. The lowest BCUT2D eigenvalue weighted by Crippen LogP contribution is -2.35. The molecule has 12 heavy (non-hydrogen) atoms. The van der Waals surface area contributed by atoms with Crippen molar-refractivity contribution in [3.05, 3.63) is 24.2 Å². The van der Waals surface area contributed by atoms with Crippen LogP contribution >= 0.6 is 0 Å². The maximum Gasteiger partial charge on any atom is 0.116 e. The molecule has 1 unspecified atom stereocenters. The van der Waals surface area contributed by atoms with Crippen LogP contribution < -0.4 is 0 Å². The smallest absolute Gasteiger partial charge is 0.116 e. The topological polar surface area (TPSA) is 42.6 Å². The summed E-state index contributed by atoms with van der Waals surface area (Å²) in [5, 5.41) is 10.0. The number of hydrogen-bond acceptors (Lipinski definition) is 3. The molecule has 0 amide bonds. The Morgan fingerprint density at radius 2 is 2.42 bits per heavy atom. The van der Waals surface area contributed by atoms with Crippen LogP contribution in [-0.2, 0) is 10.3 Å². The minimum Gasteiger partial charge on any atom is -0.472 e. The number of hydrogen-bond donors (Lipinski definition) is 1. The molecule has 1 fully saturated rings. The minimum absolute atomic E-state index is 0.381. The summed E-state index contributed by atoms with van der Waals surface area (Å²) in [6.45, 7) is 1.13. The van der Waals surface area contributed by atoms with Crippen molar-refractivity contribution >= 4 is 0 Å². The quantitative estimate of drug-likeness (QED) is 0.686. The summed E-state index contributed by atoms with van der Waals surface area (Å²) in [5.41, 5.74) is 0.00725. The molecule has 0 spiro atoms. The van der Waals surface area contributed by atoms with E-state index in [4.69, 9.17) is 9.15 Å². The summed E-state index contributed by atoms with van der Waals surface area (Å²) in [4.78, 5) is 0. The van der Waals surface area contributed by atoms with E-state index in [1.165, 1.54) is 0 Å². The average Bonchev–Trinajstić information content (AvgIpc) is 2.58. The highest BCUT2D eigenvalue weighted by atomic mass is 16.5. The summed E-state index contributed by atoms with van der Waals surface area (Å²) < 4.78 is 10.1. The van der Waals surface area contributed by atoms with Crippen molar-refractivity contribution in [3.8, 4) is 0 Å². The Labute approximate surface area is 71.0 Å². The predicted molar refractivity (Wildman–Crippen MR) is 42.7 cm³/mol. The Hall–Kier alpha value is -0.800. The number of aliphatic hydroxyl groups is 1. The third kappa shape index (κ3) is 1.26. The molecule has 66 valence electrons. The Morgan fingerprint density at radius 1 is 1.50 bits per heavy atom. The van der Waals surface area contributed by atoms with Crippen molar-refractivity contribution in [1.82, 2.24) is 0 Å². The summed E-state index contributed by atoms with van der Waals surface area (Å²) in [5.74, 6) is 0. The van der Waals surface area contributed by atoms with Crippen molar-refractivity contribution in [2.24, 2.45) is 0 Å². The van der Waals surface area contributed by atoms with Crippen LogP contribution in [0.25, 0.3) is 0 Å². The summed E-state index contributed by atoms with van der Waals surface area (Å²) in [6, 6.07) is 1.79. The molecular weight excluding hydrogens is 156 g/mol. The van der Waals surface area contributed by atoms with E-state index in [9.17, 15) is 5.11 Å². The molecule has 0 aliphatic carbocycles. The third-order valence-corrected chi connectivity index (χ3v) is 2.28. The standard InChI is InChI=1S/C9H12O3/c10-9(3-1-4-12-7-9)8-2-5-11-6-8/h2,5-6,10H,1,3-4,7H2. The van der Waals surface area contributed by atoms with E-state index in [0.717, 1.165) is 25.0 Å². The summed E-state index contributed by atoms with van der Waals surface area (Å²) in [7, 11) is 0. The highest BCUT2D eigenvalue weighted by Gasteiger charge is 2.32. The molecule has 0 saturated carbocycles. The second-order valence-electron chi connectivity index (χ2n) is 3.20. The van der Waals surface area contributed by atoms with Crippen LogP contribution in [0.5, 0.6) is 0 Å². The minimum atomic E-state index is -0.814. The Bertz CT molecular complexity index is 234. The first-order chi connectivity index (χ1) is 5.81. The molecule has 2 heterocycles. The molecule has 1 aromatic rings. The first kappa shape index (κ1) is 7.83. The summed E-state index contributed by atoms with van der Waals surface area (Å²) >= 11 is 0. The lowest BCUT2D eigenvalue weighted by atomic mass is 9.91. The van der Waals surface area contributed by atoms with E-state index in [-0.39, 0.29) is 0 Å². The molecule has 3 nitrogen and oxygen atoms in total. The van der Waals surface area contributed by atoms with Gasteiger partial charge in [0.1, 0.15) is 5.60 Å². The Morgan fingerprint density at radius 3 is 3.00 bits per heavy atom. The van der Waals surface area contributed by atoms with Crippen LogP contribution in [0.4, 0.5) is 0 Å². The maximum absolute atomic E-state index is 10.0. The van der Waals surface area contributed by atoms with Gasteiger partial charge in [0, 0.05) is 12.2 Å². The van der Waals surface area contributed by atoms with Crippen molar-refractivity contribution in [2.45, 2.75) is 18.4 Å². The van der Waals surface area contributed by atoms with Crippen LogP contribution in [0.3, 0.4) is 0 Å². The van der Waals surface area contributed by atoms with Gasteiger partial charge in [0.2, 0.25) is 0 Å². The van der Waals surface area contributed by atoms with Gasteiger partial charge in [-0.2, -0.15) is 0 Å². The SMILES string of the molecule is OC1(c2ccoc2)CCCOC1. The van der Waals surface area contributed by atoms with Gasteiger partial charge >= 0.3 is 0 Å². The molecule has 3 heteroatoms. The van der Waals surface area contributed by atoms with Gasteiger partial charge in [-0.15, -0.1) is 0 Å². The van der Waals surface area contributed by atoms with E-state index in [1.54, 1.807) is 18.6 Å². The molecule has 0 radical (unpaired) electrons. The van der Waals surface area contributed by atoms with Crippen molar-refractivity contribution < 1.29 is 14.3 Å². The molecule has 2 rings (SSSR count). The monoisotopic (exact) mass is 168 g/mol. The molecule has 1 atom stereocenters. The van der Waals surface area contributed by atoms with Crippen molar-refractivity contribution in [3.63, 3.8) is 0 Å². The van der Waals surface area contributed by atoms with E-state index in [2.05, 4.69) is 0 Å². The maximum atomic E-state index is 10.0. The zero-order valence-electron chi connectivity index (χ0n) is 6.82. The van der Waals surface area contributed by atoms with Crippen LogP contribution in [0, 0.1) is 0 Å². The molecule has 1 N–H and O–H groups in total. The van der Waals surface area contributed by atoms with E-state index < -0.39 is 5.60 Å². The van der Waals surface area contributed by atoms with Crippen molar-refractivity contribution in [2.75, 3.05) is 13.2 Å². The second kappa shape index (κ2) is 2.92. The van der Waals surface area contributed by atoms with Gasteiger partial charge < -0.3 is 14.3 Å². The van der Waals surface area contributed by atoms with Crippen LogP contribution in [0.2, 0.25) is 0 Å². The van der Waals surface area contributed by atoms with Crippen molar-refractivity contribution in [1.29, 1.82) is 0 Å². The lowest BCUT2D eigenvalue weighted by Gasteiger charge is -2.30. The van der Waals surface area contributed by atoms with E-state index in [1.807, 2.05) is 0 Å². The fourth-order valence-corrected chi connectivity index (χ4v) is 1.54. The lowest BCUT2D eigenvalue weighted by molar-refractivity contribution is -0.0905. The van der Waals surface area contributed by atoms with Gasteiger partial charge in [0.15, 0.2) is 0 Å². The largest absolute Gasteiger partial charge is 0.472 e. The van der Waals surface area contributed by atoms with Crippen LogP contribution in [0.1, 0.15) is 18.4 Å². The third-order valence-electron chi connectivity index (χ3n) is 2.28. The molecule has 1 aromatic heterocycles. The first-order valence-electron chi connectivity index (χ1n) is 4.14. The fourth-order valence-electron chi connectivity index (χ4n) is 1.54. The van der Waals surface area contributed by atoms with Crippen LogP contribution in [-0.4, -0.2) is 18.3 Å². The number of furan rings is 1. The molecule has 1 aliphatic rings. The zero-order chi connectivity index (χ0) is 8.44. The Kier molecular flexibility index (Phi) is 1.90. The van der Waals surface area contributed by atoms with E-state index >= 15 is 0 Å². The summed E-state index contributed by atoms with van der Waals surface area (Å²) in [6.07, 6.45) is 4.81. The number of rotatable bonds is 1. The molecule has 1 saturated heterocycles. The highest BCUT2D eigenvalue weighted by Crippen LogP contribution is 2.30. The van der Waals surface area contributed by atoms with Gasteiger partial charge in [-0.3, -0.25) is 0 Å². The fraction of sp³-hybridized carbons (Fsp3) is 0.556. The molecular formula is C9H12O3. The zero-order valence-corrected chi connectivity index (χ0v) is 6.82. The average molecular weight is 168 g/mol. The van der Waals surface area contributed by atoms with Crippen LogP contribution in [0.15, 0.2) is 23.0 Å². The highest BCUT2D eigenvalue weighted by molar-refractivity contribution is 5.16. The van der Waals surface area contributed by atoms with Gasteiger partial charge in [0.05, 0.1) is 19.1 Å². The molecule has 0 aromatic carbocycles. The Balaban J connectivity index is 2.19. The normalized spacial score (nSPS) is 30.4. The predicted octanol–water partition coefficient (Wildman–Crippen LogP) is 1.28. The van der Waals surface area contributed by atoms with Gasteiger partial charge in [-0.05, 0) is 18.9 Å². The van der Waals surface area contributed by atoms with Gasteiger partial charge in [-0.1, -0.05) is 0 Å². The van der Waals surface area contributed by atoms with Gasteiger partial charge in [0.25, 0.3) is 0 Å². The number of ether oxygens (including phenoxy) is 1. The first-order valence-corrected chi connectivity index (χ1v) is 4.14. The van der Waals surface area contributed by atoms with E-state index in [0.29, 0.717) is 6.61 Å². The molecule has 0 bridgehead atoms. The van der Waals surface area contributed by atoms with Gasteiger partial charge in [-0.25, -0.2) is 0 Å².